The van der Waals surface area contributed by atoms with E-state index in [2.05, 4.69) is 10.2 Å². The third kappa shape index (κ3) is 8.59. The fourth-order valence-corrected chi connectivity index (χ4v) is 4.35. The quantitative estimate of drug-likeness (QED) is 0.410. The summed E-state index contributed by atoms with van der Waals surface area (Å²) < 4.78 is 16.2. The SMILES string of the molecule is CCN(CC)CCOC(=O)[C@H](Cc1ccc(OC(=O)N2CCOCC2)c(Cl)c1)NC(=O)c1ccccc1Cl. The van der Waals surface area contributed by atoms with E-state index < -0.39 is 24.0 Å². The summed E-state index contributed by atoms with van der Waals surface area (Å²) in [5.74, 6) is -0.870. The van der Waals surface area contributed by atoms with Crippen LogP contribution in [0.4, 0.5) is 4.79 Å². The van der Waals surface area contributed by atoms with Gasteiger partial charge in [-0.05, 0) is 42.9 Å². The number of carbonyl (C=O) groups excluding carboxylic acids is 3. The van der Waals surface area contributed by atoms with E-state index in [0.717, 1.165) is 13.1 Å². The lowest BCUT2D eigenvalue weighted by Crippen LogP contribution is -2.44. The standard InChI is InChI=1S/C27H33Cl2N3O6/c1-3-31(4-2)11-16-37-26(34)23(30-25(33)20-7-5-6-8-21(20)28)18-19-9-10-24(22(29)17-19)38-27(35)32-12-14-36-15-13-32/h5-10,17,23H,3-4,11-16,18H2,1-2H3,(H,30,33)/t23-/m0/s1. The van der Waals surface area contributed by atoms with Gasteiger partial charge in [-0.15, -0.1) is 0 Å². The molecule has 1 N–H and O–H groups in total. The van der Waals surface area contributed by atoms with E-state index in [1.807, 2.05) is 13.8 Å². The van der Waals surface area contributed by atoms with Crippen molar-refractivity contribution in [2.45, 2.75) is 26.3 Å². The van der Waals surface area contributed by atoms with Crippen molar-refractivity contribution >= 4 is 41.2 Å². The Morgan fingerprint density at radius 2 is 1.76 bits per heavy atom. The second kappa shape index (κ2) is 14.9. The molecule has 0 bridgehead atoms. The van der Waals surface area contributed by atoms with Gasteiger partial charge in [0.2, 0.25) is 0 Å². The Hall–Kier alpha value is -2.85. The van der Waals surface area contributed by atoms with Gasteiger partial charge in [-0.25, -0.2) is 9.59 Å². The van der Waals surface area contributed by atoms with Crippen molar-refractivity contribution in [2.75, 3.05) is 52.5 Å². The minimum Gasteiger partial charge on any atom is -0.463 e. The lowest BCUT2D eigenvalue weighted by atomic mass is 10.0. The Morgan fingerprint density at radius 1 is 1.05 bits per heavy atom. The van der Waals surface area contributed by atoms with E-state index in [-0.39, 0.29) is 34.4 Å². The average Bonchev–Trinajstić information content (AvgIpc) is 2.92. The van der Waals surface area contributed by atoms with Gasteiger partial charge in [0.1, 0.15) is 12.6 Å². The van der Waals surface area contributed by atoms with Gasteiger partial charge >= 0.3 is 12.1 Å². The Labute approximate surface area is 232 Å². The zero-order chi connectivity index (χ0) is 27.5. The second-order valence-electron chi connectivity index (χ2n) is 8.64. The monoisotopic (exact) mass is 565 g/mol. The highest BCUT2D eigenvalue weighted by atomic mass is 35.5. The third-order valence-corrected chi connectivity index (χ3v) is 6.78. The Bertz CT molecular complexity index is 1110. The van der Waals surface area contributed by atoms with Crippen LogP contribution in [0.15, 0.2) is 42.5 Å². The number of hydrogen-bond acceptors (Lipinski definition) is 7. The van der Waals surface area contributed by atoms with Gasteiger partial charge in [0.05, 0.1) is 28.8 Å². The smallest absolute Gasteiger partial charge is 0.415 e. The summed E-state index contributed by atoms with van der Waals surface area (Å²) in [5.41, 5.74) is 0.893. The maximum atomic E-state index is 13.0. The minimum absolute atomic E-state index is 0.109. The number of esters is 1. The fraction of sp³-hybridized carbons (Fsp3) is 0.444. The first-order chi connectivity index (χ1) is 18.3. The van der Waals surface area contributed by atoms with Crippen LogP contribution >= 0.6 is 23.2 Å². The molecule has 1 saturated heterocycles. The molecule has 206 valence electrons. The molecule has 0 spiro atoms. The number of nitrogens with zero attached hydrogens (tertiary/aromatic N) is 2. The molecule has 3 rings (SSSR count). The lowest BCUT2D eigenvalue weighted by Gasteiger charge is -2.26. The van der Waals surface area contributed by atoms with Crippen LogP contribution < -0.4 is 10.1 Å². The number of morpholine rings is 1. The zero-order valence-corrected chi connectivity index (χ0v) is 23.1. The fourth-order valence-electron chi connectivity index (χ4n) is 3.88. The highest BCUT2D eigenvalue weighted by Gasteiger charge is 2.25. The first-order valence-corrected chi connectivity index (χ1v) is 13.3. The normalized spacial score (nSPS) is 14.2. The van der Waals surface area contributed by atoms with Crippen LogP contribution in [0, 0.1) is 0 Å². The molecule has 0 aromatic heterocycles. The van der Waals surface area contributed by atoms with Crippen LogP contribution in [0.25, 0.3) is 0 Å². The number of rotatable bonds is 11. The number of halogens is 2. The van der Waals surface area contributed by atoms with Crippen molar-refractivity contribution in [3.05, 3.63) is 63.6 Å². The highest BCUT2D eigenvalue weighted by molar-refractivity contribution is 6.34. The van der Waals surface area contributed by atoms with Crippen molar-refractivity contribution in [1.29, 1.82) is 0 Å². The molecule has 1 fully saturated rings. The molecule has 38 heavy (non-hydrogen) atoms. The summed E-state index contributed by atoms with van der Waals surface area (Å²) in [4.78, 5) is 42.0. The van der Waals surface area contributed by atoms with Crippen molar-refractivity contribution in [3.8, 4) is 5.75 Å². The molecule has 11 heteroatoms. The van der Waals surface area contributed by atoms with E-state index in [1.54, 1.807) is 47.4 Å². The van der Waals surface area contributed by atoms with Crippen molar-refractivity contribution in [2.24, 2.45) is 0 Å². The molecule has 0 aliphatic carbocycles. The molecule has 0 radical (unpaired) electrons. The molecule has 0 saturated carbocycles. The van der Waals surface area contributed by atoms with Crippen LogP contribution in [0.5, 0.6) is 5.75 Å². The van der Waals surface area contributed by atoms with Crippen molar-refractivity contribution < 1.29 is 28.6 Å². The van der Waals surface area contributed by atoms with Crippen LogP contribution in [0.2, 0.25) is 10.0 Å². The Balaban J connectivity index is 1.71. The van der Waals surface area contributed by atoms with Crippen LogP contribution in [0.1, 0.15) is 29.8 Å². The molecule has 2 aromatic rings. The first-order valence-electron chi connectivity index (χ1n) is 12.6. The van der Waals surface area contributed by atoms with Crippen LogP contribution in [0.3, 0.4) is 0 Å². The van der Waals surface area contributed by atoms with E-state index in [0.29, 0.717) is 38.4 Å². The molecule has 1 aliphatic rings. The lowest BCUT2D eigenvalue weighted by molar-refractivity contribution is -0.146. The summed E-state index contributed by atoms with van der Waals surface area (Å²) in [6.07, 6.45) is -0.401. The summed E-state index contributed by atoms with van der Waals surface area (Å²) >= 11 is 12.6. The number of amides is 2. The highest BCUT2D eigenvalue weighted by Crippen LogP contribution is 2.27. The number of ether oxygens (including phenoxy) is 3. The Kier molecular flexibility index (Phi) is 11.7. The van der Waals surface area contributed by atoms with Gasteiger partial charge in [-0.3, -0.25) is 4.79 Å². The molecule has 1 heterocycles. The molecule has 1 aliphatic heterocycles. The topological polar surface area (TPSA) is 97.4 Å². The first kappa shape index (κ1) is 29.7. The van der Waals surface area contributed by atoms with Crippen molar-refractivity contribution in [1.82, 2.24) is 15.1 Å². The summed E-state index contributed by atoms with van der Waals surface area (Å²) in [6.45, 7) is 8.29. The molecule has 0 unspecified atom stereocenters. The molecular weight excluding hydrogens is 533 g/mol. The largest absolute Gasteiger partial charge is 0.463 e. The zero-order valence-electron chi connectivity index (χ0n) is 21.6. The number of benzene rings is 2. The van der Waals surface area contributed by atoms with Gasteiger partial charge in [0, 0.05) is 26.1 Å². The number of carbonyl (C=O) groups is 3. The minimum atomic E-state index is -0.992. The summed E-state index contributed by atoms with van der Waals surface area (Å²) in [5, 5.41) is 3.21. The van der Waals surface area contributed by atoms with Crippen LogP contribution in [-0.2, 0) is 20.7 Å². The van der Waals surface area contributed by atoms with Gasteiger partial charge in [-0.1, -0.05) is 55.2 Å². The van der Waals surface area contributed by atoms with E-state index >= 15 is 0 Å². The molecule has 2 aromatic carbocycles. The predicted molar refractivity (Wildman–Crippen MR) is 145 cm³/mol. The maximum absolute atomic E-state index is 13.0. The number of hydrogen-bond donors (Lipinski definition) is 1. The van der Waals surface area contributed by atoms with Gasteiger partial charge < -0.3 is 29.3 Å². The number of likely N-dealkylation sites (N-methyl/N-ethyl adjacent to an activating group) is 1. The third-order valence-electron chi connectivity index (χ3n) is 6.16. The molecule has 1 atom stereocenters. The van der Waals surface area contributed by atoms with Gasteiger partial charge in [-0.2, -0.15) is 0 Å². The van der Waals surface area contributed by atoms with E-state index in [9.17, 15) is 14.4 Å². The second-order valence-corrected chi connectivity index (χ2v) is 9.45. The van der Waals surface area contributed by atoms with Crippen molar-refractivity contribution in [3.63, 3.8) is 0 Å². The van der Waals surface area contributed by atoms with Gasteiger partial charge in [0.15, 0.2) is 5.75 Å². The summed E-state index contributed by atoms with van der Waals surface area (Å²) in [6, 6.07) is 10.4. The summed E-state index contributed by atoms with van der Waals surface area (Å²) in [7, 11) is 0. The van der Waals surface area contributed by atoms with Gasteiger partial charge in [0.25, 0.3) is 5.91 Å². The number of nitrogens with one attached hydrogen (secondary N) is 1. The van der Waals surface area contributed by atoms with E-state index in [4.69, 9.17) is 37.4 Å². The molecule has 9 nitrogen and oxygen atoms in total. The average molecular weight is 566 g/mol. The molecular formula is C27H33Cl2N3O6. The maximum Gasteiger partial charge on any atom is 0.415 e. The predicted octanol–water partition coefficient (Wildman–Crippen LogP) is 4.05. The van der Waals surface area contributed by atoms with E-state index in [1.165, 1.54) is 0 Å². The van der Waals surface area contributed by atoms with Crippen LogP contribution in [-0.4, -0.2) is 86.4 Å². The molecule has 2 amide bonds. The Morgan fingerprint density at radius 3 is 2.42 bits per heavy atom.